The smallest absolute Gasteiger partial charge is 0.253 e. The minimum atomic E-state index is -0.178. The molecule has 1 saturated heterocycles. The van der Waals surface area contributed by atoms with Crippen molar-refractivity contribution in [3.05, 3.63) is 52.0 Å². The van der Waals surface area contributed by atoms with Crippen LogP contribution in [0.5, 0.6) is 0 Å². The Morgan fingerprint density at radius 1 is 0.921 bits per heavy atom. The first-order valence-corrected chi connectivity index (χ1v) is 14.7. The van der Waals surface area contributed by atoms with Gasteiger partial charge in [-0.1, -0.05) is 100 Å². The number of nitrogens with one attached hydrogen (secondary N) is 2. The third kappa shape index (κ3) is 9.63. The van der Waals surface area contributed by atoms with Crippen LogP contribution in [0.4, 0.5) is 17.1 Å². The van der Waals surface area contributed by atoms with Crippen molar-refractivity contribution in [3.8, 4) is 0 Å². The Morgan fingerprint density at radius 2 is 1.58 bits per heavy atom. The number of halogens is 2. The van der Waals surface area contributed by atoms with Gasteiger partial charge in [0.05, 0.1) is 27.8 Å². The monoisotopic (exact) mass is 558 g/mol. The van der Waals surface area contributed by atoms with Gasteiger partial charge in [-0.3, -0.25) is 15.0 Å². The molecule has 6 nitrogen and oxygen atoms in total. The lowest BCUT2D eigenvalue weighted by Gasteiger charge is -2.18. The molecule has 0 radical (unpaired) electrons. The molecule has 8 heteroatoms. The van der Waals surface area contributed by atoms with Crippen molar-refractivity contribution in [2.24, 2.45) is 4.99 Å². The number of carbonyl (C=O) groups excluding carboxylic acids is 2. The van der Waals surface area contributed by atoms with E-state index in [1.165, 1.54) is 62.8 Å². The summed E-state index contributed by atoms with van der Waals surface area (Å²) in [6, 6.07) is 10.7. The molecule has 2 amide bonds. The van der Waals surface area contributed by atoms with Crippen molar-refractivity contribution >= 4 is 57.9 Å². The third-order valence-corrected chi connectivity index (χ3v) is 7.27. The van der Waals surface area contributed by atoms with E-state index in [2.05, 4.69) is 22.7 Å². The number of aliphatic imine (C=N–C) groups is 1. The van der Waals surface area contributed by atoms with Crippen LogP contribution in [0.25, 0.3) is 0 Å². The Balaban J connectivity index is 1.41. The summed E-state index contributed by atoms with van der Waals surface area (Å²) in [5.41, 5.74) is 5.76. The highest BCUT2D eigenvalue weighted by molar-refractivity contribution is 6.35. The summed E-state index contributed by atoms with van der Waals surface area (Å²) in [5.74, 6) is 0.287. The third-order valence-electron chi connectivity index (χ3n) is 6.65. The number of hydrazine groups is 1. The molecule has 2 N–H and O–H groups in total. The van der Waals surface area contributed by atoms with Gasteiger partial charge in [0.1, 0.15) is 5.84 Å². The number of anilines is 2. The molecule has 0 atom stereocenters. The van der Waals surface area contributed by atoms with E-state index in [9.17, 15) is 9.59 Å². The molecule has 1 aliphatic heterocycles. The first-order valence-electron chi connectivity index (χ1n) is 13.9. The number of hydrogen-bond donors (Lipinski definition) is 2. The SMILES string of the molecule is CCCCCCCCCCCCCC(=O)Nc1ccc(N2NC(=Nc3cc(C)ccc3Cl)CC2=O)c(Cl)c1. The molecular formula is C30H40Cl2N4O2. The zero-order valence-corrected chi connectivity index (χ0v) is 24.1. The zero-order chi connectivity index (χ0) is 27.3. The van der Waals surface area contributed by atoms with E-state index in [1.807, 2.05) is 19.1 Å². The number of nitrogens with zero attached hydrogens (tertiary/aromatic N) is 2. The number of hydrogen-bond acceptors (Lipinski definition) is 3. The summed E-state index contributed by atoms with van der Waals surface area (Å²) >= 11 is 12.7. The topological polar surface area (TPSA) is 73.8 Å². The minimum absolute atomic E-state index is 0.0235. The van der Waals surface area contributed by atoms with Gasteiger partial charge in [0.15, 0.2) is 0 Å². The summed E-state index contributed by atoms with van der Waals surface area (Å²) in [7, 11) is 0. The molecule has 2 aromatic carbocycles. The Hall–Kier alpha value is -2.57. The lowest BCUT2D eigenvalue weighted by atomic mass is 10.1. The quantitative estimate of drug-likeness (QED) is 0.214. The van der Waals surface area contributed by atoms with Crippen molar-refractivity contribution in [2.45, 2.75) is 97.3 Å². The molecule has 0 bridgehead atoms. The molecule has 0 aliphatic carbocycles. The van der Waals surface area contributed by atoms with Crippen molar-refractivity contribution in [1.82, 2.24) is 5.43 Å². The average molecular weight is 560 g/mol. The van der Waals surface area contributed by atoms with Crippen molar-refractivity contribution in [2.75, 3.05) is 10.3 Å². The molecule has 1 heterocycles. The summed E-state index contributed by atoms with van der Waals surface area (Å²) in [4.78, 5) is 29.5. The standard InChI is InChI=1S/C30H40Cl2N4O2/c1-3-4-5-6-7-8-9-10-11-12-13-14-29(37)33-23-16-18-27(25(32)20-23)36-30(38)21-28(35-36)34-26-19-22(2)15-17-24(26)31/h15-20H,3-14,21H2,1-2H3,(H,33,37)(H,34,35). The van der Waals surface area contributed by atoms with E-state index in [4.69, 9.17) is 23.2 Å². The van der Waals surface area contributed by atoms with Gasteiger partial charge in [0.25, 0.3) is 5.91 Å². The highest BCUT2D eigenvalue weighted by Gasteiger charge is 2.28. The molecular weight excluding hydrogens is 519 g/mol. The average Bonchev–Trinajstić information content (AvgIpc) is 3.24. The Labute approximate surface area is 237 Å². The number of unbranched alkanes of at least 4 members (excludes halogenated alkanes) is 10. The van der Waals surface area contributed by atoms with Crippen molar-refractivity contribution in [3.63, 3.8) is 0 Å². The van der Waals surface area contributed by atoms with E-state index in [-0.39, 0.29) is 18.2 Å². The second-order valence-corrected chi connectivity index (χ2v) is 10.8. The van der Waals surface area contributed by atoms with Gasteiger partial charge in [-0.25, -0.2) is 10.0 Å². The molecule has 1 aliphatic rings. The van der Waals surface area contributed by atoms with E-state index in [0.29, 0.717) is 39.4 Å². The number of aryl methyl sites for hydroxylation is 1. The highest BCUT2D eigenvalue weighted by atomic mass is 35.5. The van der Waals surface area contributed by atoms with Gasteiger partial charge in [-0.15, -0.1) is 0 Å². The van der Waals surface area contributed by atoms with Crippen LogP contribution in [-0.2, 0) is 9.59 Å². The van der Waals surface area contributed by atoms with Crippen LogP contribution in [0.15, 0.2) is 41.4 Å². The maximum absolute atomic E-state index is 12.6. The molecule has 0 aromatic heterocycles. The van der Waals surface area contributed by atoms with Gasteiger partial charge in [0.2, 0.25) is 5.91 Å². The predicted molar refractivity (Wildman–Crippen MR) is 160 cm³/mol. The molecule has 0 spiro atoms. The van der Waals surface area contributed by atoms with Crippen LogP contribution in [0, 0.1) is 6.92 Å². The van der Waals surface area contributed by atoms with E-state index in [1.54, 1.807) is 24.3 Å². The zero-order valence-electron chi connectivity index (χ0n) is 22.6. The van der Waals surface area contributed by atoms with Gasteiger partial charge in [0, 0.05) is 12.1 Å². The van der Waals surface area contributed by atoms with Crippen molar-refractivity contribution < 1.29 is 9.59 Å². The fourth-order valence-electron chi connectivity index (χ4n) is 4.51. The number of rotatable bonds is 15. The first-order chi connectivity index (χ1) is 18.4. The maximum atomic E-state index is 12.6. The van der Waals surface area contributed by atoms with Crippen molar-refractivity contribution in [1.29, 1.82) is 0 Å². The molecule has 0 unspecified atom stereocenters. The number of benzene rings is 2. The molecule has 1 fully saturated rings. The van der Waals surface area contributed by atoms with Crippen LogP contribution in [0.3, 0.4) is 0 Å². The minimum Gasteiger partial charge on any atom is -0.326 e. The number of carbonyl (C=O) groups is 2. The van der Waals surface area contributed by atoms with Crippen LogP contribution < -0.4 is 15.8 Å². The van der Waals surface area contributed by atoms with Crippen LogP contribution >= 0.6 is 23.2 Å². The van der Waals surface area contributed by atoms with E-state index < -0.39 is 0 Å². The summed E-state index contributed by atoms with van der Waals surface area (Å²) in [6.45, 7) is 4.20. The molecule has 2 aromatic rings. The second-order valence-electron chi connectivity index (χ2n) is 10.0. The van der Waals surface area contributed by atoms with Crippen LogP contribution in [-0.4, -0.2) is 17.6 Å². The summed E-state index contributed by atoms with van der Waals surface area (Å²) in [6.07, 6.45) is 14.3. The van der Waals surface area contributed by atoms with E-state index >= 15 is 0 Å². The number of amidine groups is 1. The molecule has 0 saturated carbocycles. The fourth-order valence-corrected chi connectivity index (χ4v) is 4.93. The Kier molecular flexibility index (Phi) is 12.4. The Bertz CT molecular complexity index is 1120. The van der Waals surface area contributed by atoms with Gasteiger partial charge >= 0.3 is 0 Å². The molecule has 3 rings (SSSR count). The maximum Gasteiger partial charge on any atom is 0.253 e. The predicted octanol–water partition coefficient (Wildman–Crippen LogP) is 8.91. The van der Waals surface area contributed by atoms with Gasteiger partial charge in [-0.05, 0) is 49.2 Å². The normalized spacial score (nSPS) is 14.3. The molecule has 38 heavy (non-hydrogen) atoms. The van der Waals surface area contributed by atoms with Gasteiger partial charge < -0.3 is 5.32 Å². The van der Waals surface area contributed by atoms with Crippen LogP contribution in [0.1, 0.15) is 96.0 Å². The summed E-state index contributed by atoms with van der Waals surface area (Å²) < 4.78 is 0. The second kappa shape index (κ2) is 15.7. The molecule has 206 valence electrons. The highest BCUT2D eigenvalue weighted by Crippen LogP contribution is 2.31. The van der Waals surface area contributed by atoms with Crippen LogP contribution in [0.2, 0.25) is 10.0 Å². The van der Waals surface area contributed by atoms with E-state index in [0.717, 1.165) is 18.4 Å². The fraction of sp³-hybridized carbons (Fsp3) is 0.500. The first kappa shape index (κ1) is 30.0. The lowest BCUT2D eigenvalue weighted by Crippen LogP contribution is -2.36. The van der Waals surface area contributed by atoms with Gasteiger partial charge in [-0.2, -0.15) is 0 Å². The largest absolute Gasteiger partial charge is 0.326 e. The number of amides is 2. The Morgan fingerprint density at radius 3 is 2.24 bits per heavy atom. The lowest BCUT2D eigenvalue weighted by molar-refractivity contribution is -0.117. The summed E-state index contributed by atoms with van der Waals surface area (Å²) in [5, 5.41) is 5.16.